The SMILES string of the molecule is CC(C)NC(N)=NCc1ccccc1Cl.I. The third kappa shape index (κ3) is 5.55. The Morgan fingerprint density at radius 1 is 1.44 bits per heavy atom. The predicted octanol–water partition coefficient (Wildman–Crippen LogP) is 2.77. The molecule has 0 spiro atoms. The zero-order valence-electron chi connectivity index (χ0n) is 9.40. The van der Waals surface area contributed by atoms with E-state index in [1.807, 2.05) is 38.1 Å². The Balaban J connectivity index is 0.00000225. The van der Waals surface area contributed by atoms with Gasteiger partial charge in [-0.25, -0.2) is 4.99 Å². The number of rotatable bonds is 3. The summed E-state index contributed by atoms with van der Waals surface area (Å²) in [6.07, 6.45) is 0. The third-order valence-electron chi connectivity index (χ3n) is 1.81. The van der Waals surface area contributed by atoms with Gasteiger partial charge >= 0.3 is 0 Å². The van der Waals surface area contributed by atoms with Crippen molar-refractivity contribution >= 4 is 41.5 Å². The second-order valence-corrected chi connectivity index (χ2v) is 4.00. The molecule has 90 valence electrons. The first kappa shape index (κ1) is 15.5. The molecule has 0 amide bonds. The van der Waals surface area contributed by atoms with Gasteiger partial charge in [0.2, 0.25) is 0 Å². The molecule has 0 bridgehead atoms. The highest BCUT2D eigenvalue weighted by atomic mass is 127. The molecule has 0 aliphatic heterocycles. The Bertz CT molecular complexity index is 353. The molecule has 1 rings (SSSR count). The molecule has 0 fully saturated rings. The van der Waals surface area contributed by atoms with E-state index in [1.165, 1.54) is 0 Å². The van der Waals surface area contributed by atoms with E-state index in [4.69, 9.17) is 17.3 Å². The first-order valence-electron chi connectivity index (χ1n) is 4.89. The molecule has 0 radical (unpaired) electrons. The highest BCUT2D eigenvalue weighted by molar-refractivity contribution is 14.0. The molecule has 0 heterocycles. The van der Waals surface area contributed by atoms with E-state index in [1.54, 1.807) is 0 Å². The van der Waals surface area contributed by atoms with Gasteiger partial charge < -0.3 is 11.1 Å². The lowest BCUT2D eigenvalue weighted by Crippen LogP contribution is -2.36. The first-order chi connectivity index (χ1) is 7.09. The van der Waals surface area contributed by atoms with Crippen molar-refractivity contribution < 1.29 is 0 Å². The van der Waals surface area contributed by atoms with Crippen LogP contribution in [0, 0.1) is 0 Å². The highest BCUT2D eigenvalue weighted by Gasteiger charge is 1.98. The van der Waals surface area contributed by atoms with Gasteiger partial charge in [0, 0.05) is 11.1 Å². The van der Waals surface area contributed by atoms with Crippen LogP contribution in [0.15, 0.2) is 29.3 Å². The van der Waals surface area contributed by atoms with Gasteiger partial charge in [-0.3, -0.25) is 0 Å². The van der Waals surface area contributed by atoms with E-state index >= 15 is 0 Å². The van der Waals surface area contributed by atoms with Crippen LogP contribution >= 0.6 is 35.6 Å². The summed E-state index contributed by atoms with van der Waals surface area (Å²) >= 11 is 5.98. The average Bonchev–Trinajstić information content (AvgIpc) is 2.15. The Hall–Kier alpha value is -0.490. The summed E-state index contributed by atoms with van der Waals surface area (Å²) in [7, 11) is 0. The Morgan fingerprint density at radius 2 is 2.06 bits per heavy atom. The summed E-state index contributed by atoms with van der Waals surface area (Å²) in [5, 5.41) is 3.74. The number of benzene rings is 1. The smallest absolute Gasteiger partial charge is 0.189 e. The van der Waals surface area contributed by atoms with Crippen LogP contribution in [0.5, 0.6) is 0 Å². The topological polar surface area (TPSA) is 50.4 Å². The van der Waals surface area contributed by atoms with Crippen molar-refractivity contribution in [1.82, 2.24) is 5.32 Å². The van der Waals surface area contributed by atoms with Crippen LogP contribution in [-0.4, -0.2) is 12.0 Å². The lowest BCUT2D eigenvalue weighted by atomic mass is 10.2. The summed E-state index contributed by atoms with van der Waals surface area (Å²) in [6.45, 7) is 4.53. The second kappa shape index (κ2) is 7.73. The van der Waals surface area contributed by atoms with E-state index < -0.39 is 0 Å². The number of nitrogens with two attached hydrogens (primary N) is 1. The fraction of sp³-hybridized carbons (Fsp3) is 0.364. The molecule has 0 aliphatic carbocycles. The summed E-state index contributed by atoms with van der Waals surface area (Å²) in [5.41, 5.74) is 6.65. The number of guanidine groups is 1. The lowest BCUT2D eigenvalue weighted by Gasteiger charge is -2.08. The maximum atomic E-state index is 5.98. The molecular weight excluding hydrogens is 336 g/mol. The minimum atomic E-state index is 0. The Labute approximate surface area is 118 Å². The van der Waals surface area contributed by atoms with Crippen molar-refractivity contribution in [3.8, 4) is 0 Å². The first-order valence-corrected chi connectivity index (χ1v) is 5.27. The average molecular weight is 354 g/mol. The van der Waals surface area contributed by atoms with Gasteiger partial charge in [0.05, 0.1) is 6.54 Å². The molecule has 0 unspecified atom stereocenters. The summed E-state index contributed by atoms with van der Waals surface area (Å²) < 4.78 is 0. The van der Waals surface area contributed by atoms with Crippen molar-refractivity contribution in [3.63, 3.8) is 0 Å². The van der Waals surface area contributed by atoms with Gasteiger partial charge in [0.1, 0.15) is 0 Å². The van der Waals surface area contributed by atoms with Gasteiger partial charge in [-0.2, -0.15) is 0 Å². The minimum absolute atomic E-state index is 0. The normalized spacial score (nSPS) is 11.1. The summed E-state index contributed by atoms with van der Waals surface area (Å²) in [5.74, 6) is 0.449. The number of nitrogens with zero attached hydrogens (tertiary/aromatic N) is 1. The van der Waals surface area contributed by atoms with Crippen molar-refractivity contribution in [2.75, 3.05) is 0 Å². The fourth-order valence-corrected chi connectivity index (χ4v) is 1.33. The second-order valence-electron chi connectivity index (χ2n) is 3.59. The van der Waals surface area contributed by atoms with E-state index in [2.05, 4.69) is 10.3 Å². The molecular formula is C11H17ClIN3. The van der Waals surface area contributed by atoms with E-state index in [0.29, 0.717) is 18.5 Å². The monoisotopic (exact) mass is 353 g/mol. The lowest BCUT2D eigenvalue weighted by molar-refractivity contribution is 0.723. The van der Waals surface area contributed by atoms with Crippen molar-refractivity contribution in [2.24, 2.45) is 10.7 Å². The zero-order valence-corrected chi connectivity index (χ0v) is 12.5. The highest BCUT2D eigenvalue weighted by Crippen LogP contribution is 2.15. The van der Waals surface area contributed by atoms with Crippen LogP contribution in [0.3, 0.4) is 0 Å². The van der Waals surface area contributed by atoms with Crippen LogP contribution < -0.4 is 11.1 Å². The van der Waals surface area contributed by atoms with Crippen molar-refractivity contribution in [2.45, 2.75) is 26.4 Å². The number of hydrogen-bond acceptors (Lipinski definition) is 1. The number of aliphatic imine (C=N–C) groups is 1. The van der Waals surface area contributed by atoms with Gasteiger partial charge in [0.25, 0.3) is 0 Å². The molecule has 16 heavy (non-hydrogen) atoms. The third-order valence-corrected chi connectivity index (χ3v) is 2.18. The Morgan fingerprint density at radius 3 is 2.62 bits per heavy atom. The maximum absolute atomic E-state index is 5.98. The fourth-order valence-electron chi connectivity index (χ4n) is 1.14. The van der Waals surface area contributed by atoms with Crippen molar-refractivity contribution in [1.29, 1.82) is 0 Å². The molecule has 0 saturated carbocycles. The van der Waals surface area contributed by atoms with Gasteiger partial charge in [-0.05, 0) is 25.5 Å². The standard InChI is InChI=1S/C11H16ClN3.HI/c1-8(2)15-11(13)14-7-9-5-3-4-6-10(9)12;/h3-6,8H,7H2,1-2H3,(H3,13,14,15);1H. The summed E-state index contributed by atoms with van der Waals surface area (Å²) in [4.78, 5) is 4.19. The molecule has 0 aliphatic rings. The maximum Gasteiger partial charge on any atom is 0.189 e. The minimum Gasteiger partial charge on any atom is -0.370 e. The Kier molecular flexibility index (Phi) is 7.49. The number of hydrogen-bond donors (Lipinski definition) is 2. The van der Waals surface area contributed by atoms with Crippen LogP contribution in [0.2, 0.25) is 5.02 Å². The van der Waals surface area contributed by atoms with E-state index in [9.17, 15) is 0 Å². The van der Waals surface area contributed by atoms with Crippen LogP contribution in [0.4, 0.5) is 0 Å². The zero-order chi connectivity index (χ0) is 11.3. The van der Waals surface area contributed by atoms with E-state index in [-0.39, 0.29) is 24.0 Å². The molecule has 1 aromatic carbocycles. The molecule has 3 nitrogen and oxygen atoms in total. The largest absolute Gasteiger partial charge is 0.370 e. The van der Waals surface area contributed by atoms with Crippen LogP contribution in [0.1, 0.15) is 19.4 Å². The van der Waals surface area contributed by atoms with E-state index in [0.717, 1.165) is 10.6 Å². The molecule has 0 atom stereocenters. The molecule has 5 heteroatoms. The molecule has 0 saturated heterocycles. The van der Waals surface area contributed by atoms with Gasteiger partial charge in [-0.1, -0.05) is 29.8 Å². The number of nitrogens with one attached hydrogen (secondary N) is 1. The number of halogens is 2. The van der Waals surface area contributed by atoms with Crippen LogP contribution in [-0.2, 0) is 6.54 Å². The van der Waals surface area contributed by atoms with Crippen LogP contribution in [0.25, 0.3) is 0 Å². The van der Waals surface area contributed by atoms with Gasteiger partial charge in [0.15, 0.2) is 5.96 Å². The van der Waals surface area contributed by atoms with Gasteiger partial charge in [-0.15, -0.1) is 24.0 Å². The molecule has 0 aromatic heterocycles. The molecule has 3 N–H and O–H groups in total. The predicted molar refractivity (Wildman–Crippen MR) is 80.5 cm³/mol. The van der Waals surface area contributed by atoms with Crippen molar-refractivity contribution in [3.05, 3.63) is 34.9 Å². The molecule has 1 aromatic rings. The quantitative estimate of drug-likeness (QED) is 0.499. The summed E-state index contributed by atoms with van der Waals surface area (Å²) in [6, 6.07) is 7.90.